The number of carbonyl (C=O) groups is 1. The lowest BCUT2D eigenvalue weighted by atomic mass is 10.1. The predicted molar refractivity (Wildman–Crippen MR) is 79.8 cm³/mol. The van der Waals surface area contributed by atoms with Gasteiger partial charge in [0.25, 0.3) is 5.91 Å². The van der Waals surface area contributed by atoms with Gasteiger partial charge in [0.15, 0.2) is 5.69 Å². The fraction of sp³-hybridized carbons (Fsp3) is 0.333. The highest BCUT2D eigenvalue weighted by Crippen LogP contribution is 2.25. The predicted octanol–water partition coefficient (Wildman–Crippen LogP) is 2.22. The van der Waals surface area contributed by atoms with Crippen LogP contribution in [0, 0.1) is 6.92 Å². The molecule has 122 valence electrons. The van der Waals surface area contributed by atoms with Crippen LogP contribution < -0.4 is 15.4 Å². The molecule has 8 heteroatoms. The van der Waals surface area contributed by atoms with E-state index in [-0.39, 0.29) is 5.75 Å². The monoisotopic (exact) mass is 322 g/mol. The molecule has 1 amide bonds. The molecule has 1 aliphatic rings. The third kappa shape index (κ3) is 3.31. The van der Waals surface area contributed by atoms with Crippen molar-refractivity contribution in [3.8, 4) is 5.75 Å². The summed E-state index contributed by atoms with van der Waals surface area (Å²) in [4.78, 5) is 12.4. The summed E-state index contributed by atoms with van der Waals surface area (Å²) in [7, 11) is 0. The second-order valence-electron chi connectivity index (χ2n) is 5.27. The SMILES string of the molecule is Cc1ccc(NC(=O)c2n[nH]c3c2CNCC3)cc1OC(F)F. The van der Waals surface area contributed by atoms with Crippen LogP contribution in [-0.4, -0.2) is 29.3 Å². The first kappa shape index (κ1) is 15.4. The summed E-state index contributed by atoms with van der Waals surface area (Å²) in [5.74, 6) is -0.360. The molecule has 3 rings (SSSR count). The number of alkyl halides is 2. The molecular weight excluding hydrogens is 306 g/mol. The number of rotatable bonds is 4. The van der Waals surface area contributed by atoms with Gasteiger partial charge in [-0.3, -0.25) is 9.89 Å². The average molecular weight is 322 g/mol. The first-order chi connectivity index (χ1) is 11.0. The third-order valence-electron chi connectivity index (χ3n) is 3.68. The molecule has 0 bridgehead atoms. The summed E-state index contributed by atoms with van der Waals surface area (Å²) in [5.41, 5.74) is 3.02. The van der Waals surface area contributed by atoms with Crippen LogP contribution in [-0.2, 0) is 13.0 Å². The summed E-state index contributed by atoms with van der Waals surface area (Å²) >= 11 is 0. The minimum absolute atomic E-state index is 0.0310. The molecule has 0 atom stereocenters. The van der Waals surface area contributed by atoms with Crippen molar-refractivity contribution in [2.24, 2.45) is 0 Å². The van der Waals surface area contributed by atoms with E-state index < -0.39 is 12.5 Å². The molecular formula is C15H16F2N4O2. The number of nitrogens with one attached hydrogen (secondary N) is 3. The van der Waals surface area contributed by atoms with E-state index in [1.807, 2.05) is 0 Å². The fourth-order valence-corrected chi connectivity index (χ4v) is 2.50. The Morgan fingerprint density at radius 2 is 2.26 bits per heavy atom. The number of hydrogen-bond donors (Lipinski definition) is 3. The standard InChI is InChI=1S/C15H16F2N4O2/c1-8-2-3-9(6-12(8)23-15(16)17)19-14(22)13-10-7-18-5-4-11(10)20-21-13/h2-3,6,15,18H,4-5,7H2,1H3,(H,19,22)(H,20,21). The zero-order chi connectivity index (χ0) is 16.4. The maximum Gasteiger partial charge on any atom is 0.387 e. The lowest BCUT2D eigenvalue weighted by Gasteiger charge is -2.13. The molecule has 6 nitrogen and oxygen atoms in total. The van der Waals surface area contributed by atoms with E-state index in [2.05, 4.69) is 25.6 Å². The van der Waals surface area contributed by atoms with Gasteiger partial charge in [0.2, 0.25) is 0 Å². The van der Waals surface area contributed by atoms with Crippen LogP contribution in [0.5, 0.6) is 5.75 Å². The fourth-order valence-electron chi connectivity index (χ4n) is 2.50. The van der Waals surface area contributed by atoms with Crippen LogP contribution in [0.4, 0.5) is 14.5 Å². The second-order valence-corrected chi connectivity index (χ2v) is 5.27. The Bertz CT molecular complexity index is 730. The van der Waals surface area contributed by atoms with Gasteiger partial charge in [-0.05, 0) is 18.6 Å². The molecule has 0 saturated carbocycles. The number of amides is 1. The number of ether oxygens (including phenoxy) is 1. The van der Waals surface area contributed by atoms with E-state index in [1.54, 1.807) is 19.1 Å². The smallest absolute Gasteiger partial charge is 0.387 e. The van der Waals surface area contributed by atoms with E-state index in [9.17, 15) is 13.6 Å². The Kier molecular flexibility index (Phi) is 4.24. The van der Waals surface area contributed by atoms with Crippen LogP contribution >= 0.6 is 0 Å². The first-order valence-electron chi connectivity index (χ1n) is 7.18. The van der Waals surface area contributed by atoms with E-state index in [0.717, 1.165) is 24.2 Å². The number of hydrogen-bond acceptors (Lipinski definition) is 4. The normalized spacial score (nSPS) is 13.7. The van der Waals surface area contributed by atoms with E-state index >= 15 is 0 Å². The first-order valence-corrected chi connectivity index (χ1v) is 7.18. The van der Waals surface area contributed by atoms with Gasteiger partial charge in [0, 0.05) is 42.5 Å². The largest absolute Gasteiger partial charge is 0.434 e. The minimum atomic E-state index is -2.91. The average Bonchev–Trinajstić information content (AvgIpc) is 2.94. The van der Waals surface area contributed by atoms with Crippen molar-refractivity contribution in [2.45, 2.75) is 26.5 Å². The van der Waals surface area contributed by atoms with Crippen molar-refractivity contribution in [2.75, 3.05) is 11.9 Å². The second kappa shape index (κ2) is 6.33. The zero-order valence-corrected chi connectivity index (χ0v) is 12.5. The summed E-state index contributed by atoms with van der Waals surface area (Å²) in [6.07, 6.45) is 0.784. The van der Waals surface area contributed by atoms with Gasteiger partial charge in [-0.15, -0.1) is 0 Å². The van der Waals surface area contributed by atoms with Crippen LogP contribution in [0.3, 0.4) is 0 Å². The Balaban J connectivity index is 1.79. The number of benzene rings is 1. The van der Waals surface area contributed by atoms with Gasteiger partial charge < -0.3 is 15.4 Å². The van der Waals surface area contributed by atoms with Gasteiger partial charge in [0.05, 0.1) is 0 Å². The molecule has 2 heterocycles. The van der Waals surface area contributed by atoms with Crippen LogP contribution in [0.25, 0.3) is 0 Å². The molecule has 1 aliphatic heterocycles. The van der Waals surface area contributed by atoms with E-state index in [0.29, 0.717) is 23.5 Å². The number of anilines is 1. The zero-order valence-electron chi connectivity index (χ0n) is 12.5. The van der Waals surface area contributed by atoms with Gasteiger partial charge in [-0.1, -0.05) is 6.07 Å². The number of carbonyl (C=O) groups excluding carboxylic acids is 1. The van der Waals surface area contributed by atoms with Crippen molar-refractivity contribution in [1.82, 2.24) is 15.5 Å². The van der Waals surface area contributed by atoms with Gasteiger partial charge in [-0.25, -0.2) is 0 Å². The van der Waals surface area contributed by atoms with Gasteiger partial charge in [-0.2, -0.15) is 13.9 Å². The lowest BCUT2D eigenvalue weighted by Crippen LogP contribution is -2.25. The lowest BCUT2D eigenvalue weighted by molar-refractivity contribution is -0.0502. The summed E-state index contributed by atoms with van der Waals surface area (Å²) in [6, 6.07) is 4.61. The highest BCUT2D eigenvalue weighted by atomic mass is 19.3. The molecule has 3 N–H and O–H groups in total. The molecule has 0 saturated heterocycles. The van der Waals surface area contributed by atoms with Gasteiger partial charge in [0.1, 0.15) is 5.75 Å². The maximum atomic E-state index is 12.4. The van der Waals surface area contributed by atoms with Crippen molar-refractivity contribution in [3.63, 3.8) is 0 Å². The van der Waals surface area contributed by atoms with E-state index in [4.69, 9.17) is 0 Å². The number of aryl methyl sites for hydroxylation is 1. The Morgan fingerprint density at radius 3 is 3.04 bits per heavy atom. The molecule has 2 aromatic rings. The van der Waals surface area contributed by atoms with Crippen molar-refractivity contribution in [1.29, 1.82) is 0 Å². The highest BCUT2D eigenvalue weighted by molar-refractivity contribution is 6.04. The van der Waals surface area contributed by atoms with Crippen LogP contribution in [0.15, 0.2) is 18.2 Å². The number of H-pyrrole nitrogens is 1. The Hall–Kier alpha value is -2.48. The molecule has 0 aliphatic carbocycles. The molecule has 0 radical (unpaired) electrons. The topological polar surface area (TPSA) is 79.0 Å². The molecule has 0 spiro atoms. The molecule has 0 unspecified atom stereocenters. The van der Waals surface area contributed by atoms with Crippen LogP contribution in [0.1, 0.15) is 27.3 Å². The third-order valence-corrected chi connectivity index (χ3v) is 3.68. The molecule has 1 aromatic heterocycles. The van der Waals surface area contributed by atoms with Crippen molar-refractivity contribution < 1.29 is 18.3 Å². The molecule has 23 heavy (non-hydrogen) atoms. The Labute approximate surface area is 131 Å². The number of aromatic amines is 1. The number of halogens is 2. The van der Waals surface area contributed by atoms with Crippen molar-refractivity contribution >= 4 is 11.6 Å². The minimum Gasteiger partial charge on any atom is -0.434 e. The number of fused-ring (bicyclic) bond motifs is 1. The van der Waals surface area contributed by atoms with Gasteiger partial charge >= 0.3 is 6.61 Å². The molecule has 1 aromatic carbocycles. The van der Waals surface area contributed by atoms with Crippen LogP contribution in [0.2, 0.25) is 0 Å². The highest BCUT2D eigenvalue weighted by Gasteiger charge is 2.21. The maximum absolute atomic E-state index is 12.4. The summed E-state index contributed by atoms with van der Waals surface area (Å²) in [6.45, 7) is 0.146. The summed E-state index contributed by atoms with van der Waals surface area (Å²) in [5, 5.41) is 12.8. The molecule has 0 fully saturated rings. The van der Waals surface area contributed by atoms with E-state index in [1.165, 1.54) is 6.07 Å². The van der Waals surface area contributed by atoms with Crippen molar-refractivity contribution in [3.05, 3.63) is 40.7 Å². The number of nitrogens with zero attached hydrogens (tertiary/aromatic N) is 1. The summed E-state index contributed by atoms with van der Waals surface area (Å²) < 4.78 is 29.2. The quantitative estimate of drug-likeness (QED) is 0.806. The Morgan fingerprint density at radius 1 is 1.43 bits per heavy atom. The number of aromatic nitrogens is 2.